The number of carbonyl (C=O) groups excluding carboxylic acids is 6. The van der Waals surface area contributed by atoms with E-state index in [1.807, 2.05) is 0 Å². The third-order valence-electron chi connectivity index (χ3n) is 8.25. The second-order valence-electron chi connectivity index (χ2n) is 11.5. The summed E-state index contributed by atoms with van der Waals surface area (Å²) < 4.78 is 137. The second-order valence-corrected chi connectivity index (χ2v) is 14.6. The molecule has 0 radical (unpaired) electrons. The quantitative estimate of drug-likeness (QED) is 0.0963. The Hall–Kier alpha value is -5.14. The smallest absolute Gasteiger partial charge is 0.287 e. The number of fused-ring (bicyclic) bond motifs is 2. The molecule has 0 fully saturated rings. The van der Waals surface area contributed by atoms with Gasteiger partial charge in [0.05, 0.1) is 32.0 Å². The first-order valence-electron chi connectivity index (χ1n) is 14.4. The maximum Gasteiger partial charge on any atom is 0.454 e. The molecule has 0 atom stereocenters. The minimum Gasteiger partial charge on any atom is -0.287 e. The Kier molecular flexibility index (Phi) is 7.98. The first kappa shape index (κ1) is 36.2. The van der Waals surface area contributed by atoms with Crippen LogP contribution in [0, 0.1) is 0 Å². The molecule has 0 spiro atoms. The van der Waals surface area contributed by atoms with Crippen LogP contribution in [0.1, 0.15) is 62.1 Å². The molecule has 0 bridgehead atoms. The highest BCUT2D eigenvalue weighted by Crippen LogP contribution is 2.55. The Labute approximate surface area is 299 Å². The largest absolute Gasteiger partial charge is 0.454 e. The van der Waals surface area contributed by atoms with Gasteiger partial charge in [-0.15, -0.1) is 34.0 Å². The molecule has 0 aliphatic heterocycles. The topological polar surface area (TPSA) is 102 Å². The summed E-state index contributed by atoms with van der Waals surface area (Å²) in [7, 11) is 0. The van der Waals surface area contributed by atoms with Gasteiger partial charge in [0.2, 0.25) is 23.1 Å². The first-order valence-corrected chi connectivity index (χ1v) is 16.8. The van der Waals surface area contributed by atoms with Gasteiger partial charge in [-0.25, -0.2) is 0 Å². The van der Waals surface area contributed by atoms with Crippen LogP contribution in [0.5, 0.6) is 0 Å². The zero-order valence-electron chi connectivity index (χ0n) is 25.2. The predicted molar refractivity (Wildman–Crippen MR) is 170 cm³/mol. The molecular formula is C34H10F10O6S3. The molecule has 0 unspecified atom stereocenters. The van der Waals surface area contributed by atoms with Gasteiger partial charge in [0.1, 0.15) is 0 Å². The number of benzene rings is 2. The Bertz CT molecular complexity index is 2310. The molecule has 0 amide bonds. The maximum atomic E-state index is 14.8. The molecule has 6 nitrogen and oxygen atoms in total. The van der Waals surface area contributed by atoms with Crippen LogP contribution in [-0.4, -0.2) is 58.9 Å². The van der Waals surface area contributed by atoms with Crippen molar-refractivity contribution < 1.29 is 72.7 Å². The average molecular weight is 801 g/mol. The van der Waals surface area contributed by atoms with Gasteiger partial charge in [0, 0.05) is 30.6 Å². The third-order valence-corrected chi connectivity index (χ3v) is 12.2. The number of halogens is 10. The van der Waals surface area contributed by atoms with Crippen molar-refractivity contribution in [2.24, 2.45) is 0 Å². The van der Waals surface area contributed by atoms with Gasteiger partial charge in [-0.1, -0.05) is 48.5 Å². The summed E-state index contributed by atoms with van der Waals surface area (Å²) in [6, 6.07) is 9.38. The SMILES string of the molecule is O=C(c1ccc(-c2sc(-c3ccc(-c4sc(-c5ccc(C(=O)C(F)(F)F)cc5)c5c4C(=O)C(F)(F)C5=O)s3)c3c2C(=O)C(F)(F)C3=O)cc1)C(F)(F)F. The van der Waals surface area contributed by atoms with E-state index < -0.39 is 92.3 Å². The number of hydrogen-bond acceptors (Lipinski definition) is 9. The van der Waals surface area contributed by atoms with Crippen molar-refractivity contribution >= 4 is 68.7 Å². The molecule has 3 heterocycles. The molecule has 0 saturated carbocycles. The molecule has 2 aliphatic rings. The molecule has 2 aromatic carbocycles. The van der Waals surface area contributed by atoms with Crippen molar-refractivity contribution in [2.75, 3.05) is 0 Å². The van der Waals surface area contributed by atoms with Crippen LogP contribution >= 0.6 is 34.0 Å². The monoisotopic (exact) mass is 800 g/mol. The maximum absolute atomic E-state index is 14.8. The number of rotatable bonds is 6. The third kappa shape index (κ3) is 5.42. The number of Topliss-reactive ketones (excluding diaryl/α,β-unsaturated/α-hetero) is 6. The van der Waals surface area contributed by atoms with E-state index in [0.29, 0.717) is 34.0 Å². The van der Waals surface area contributed by atoms with Gasteiger partial charge in [0.25, 0.3) is 11.6 Å². The Morgan fingerprint density at radius 1 is 0.434 bits per heavy atom. The standard InChI is InChI=1S/C34H10F10O6S3/c35-31(36)27(47)17-19(29(31)49)23(52-21(17)11-1-5-13(6-2-11)25(45)33(39,40)41)15-9-10-16(51-15)24-20-18(28(48)32(37,38)30(20)50)22(53-24)12-3-7-14(8-4-12)26(46)34(42,43)44/h1-10H. The average Bonchev–Trinajstić information content (AvgIpc) is 3.89. The van der Waals surface area contributed by atoms with Crippen molar-refractivity contribution in [1.29, 1.82) is 0 Å². The van der Waals surface area contributed by atoms with Crippen LogP contribution in [0.25, 0.3) is 40.4 Å². The molecule has 2 aliphatic carbocycles. The number of thiophene rings is 3. The molecule has 53 heavy (non-hydrogen) atoms. The van der Waals surface area contributed by atoms with Crippen LogP contribution in [0.3, 0.4) is 0 Å². The molecule has 7 rings (SSSR count). The minimum absolute atomic E-state index is 0.00234. The van der Waals surface area contributed by atoms with Gasteiger partial charge in [-0.05, 0) is 23.3 Å². The summed E-state index contributed by atoms with van der Waals surface area (Å²) >= 11 is 1.92. The van der Waals surface area contributed by atoms with Crippen LogP contribution < -0.4 is 0 Å². The van der Waals surface area contributed by atoms with E-state index in [4.69, 9.17) is 0 Å². The summed E-state index contributed by atoms with van der Waals surface area (Å²) in [6.07, 6.45) is -10.4. The number of hydrogen-bond donors (Lipinski definition) is 0. The van der Waals surface area contributed by atoms with Gasteiger partial charge >= 0.3 is 24.2 Å². The fourth-order valence-electron chi connectivity index (χ4n) is 5.77. The highest BCUT2D eigenvalue weighted by Gasteiger charge is 2.59. The molecule has 0 N–H and O–H groups in total. The number of alkyl halides is 10. The molecule has 5 aromatic rings. The van der Waals surface area contributed by atoms with Crippen LogP contribution in [0.2, 0.25) is 0 Å². The van der Waals surface area contributed by atoms with Crippen molar-refractivity contribution in [3.63, 3.8) is 0 Å². The van der Waals surface area contributed by atoms with Crippen molar-refractivity contribution in [1.82, 2.24) is 0 Å². The van der Waals surface area contributed by atoms with Gasteiger partial charge in [0.15, 0.2) is 0 Å². The van der Waals surface area contributed by atoms with E-state index in [1.165, 1.54) is 12.1 Å². The van der Waals surface area contributed by atoms with Crippen LogP contribution in [0.4, 0.5) is 43.9 Å². The predicted octanol–water partition coefficient (Wildman–Crippen LogP) is 10.1. The molecular weight excluding hydrogens is 791 g/mol. The summed E-state index contributed by atoms with van der Waals surface area (Å²) in [5.74, 6) is -21.0. The van der Waals surface area contributed by atoms with Gasteiger partial charge < -0.3 is 0 Å². The Morgan fingerprint density at radius 3 is 1.00 bits per heavy atom. The zero-order valence-corrected chi connectivity index (χ0v) is 27.7. The second kappa shape index (κ2) is 11.7. The highest BCUT2D eigenvalue weighted by molar-refractivity contribution is 7.28. The summed E-state index contributed by atoms with van der Waals surface area (Å²) in [5.41, 5.74) is -4.72. The Balaban J connectivity index is 1.34. The van der Waals surface area contributed by atoms with E-state index in [-0.39, 0.29) is 40.4 Å². The van der Waals surface area contributed by atoms with Crippen molar-refractivity contribution in [3.05, 3.63) is 94.0 Å². The van der Waals surface area contributed by atoms with E-state index in [9.17, 15) is 72.7 Å². The number of carbonyl (C=O) groups is 6. The van der Waals surface area contributed by atoms with E-state index in [0.717, 1.165) is 48.5 Å². The first-order chi connectivity index (χ1) is 24.6. The number of ketones is 6. The summed E-state index contributed by atoms with van der Waals surface area (Å²) in [6.45, 7) is 0. The molecule has 19 heteroatoms. The van der Waals surface area contributed by atoms with Crippen LogP contribution in [0.15, 0.2) is 60.7 Å². The lowest BCUT2D eigenvalue weighted by atomic mass is 10.0. The zero-order chi connectivity index (χ0) is 38.7. The fourth-order valence-corrected chi connectivity index (χ4v) is 9.61. The summed E-state index contributed by atoms with van der Waals surface area (Å²) in [4.78, 5) is 73.8. The van der Waals surface area contributed by atoms with E-state index in [1.54, 1.807) is 0 Å². The summed E-state index contributed by atoms with van der Waals surface area (Å²) in [5, 5.41) is 0. The van der Waals surface area contributed by atoms with Crippen molar-refractivity contribution in [3.8, 4) is 40.4 Å². The highest BCUT2D eigenvalue weighted by atomic mass is 32.1. The lowest BCUT2D eigenvalue weighted by Gasteiger charge is -2.08. The molecule has 0 saturated heterocycles. The minimum atomic E-state index is -5.22. The fraction of sp³-hybridized carbons (Fsp3) is 0.118. The van der Waals surface area contributed by atoms with Crippen molar-refractivity contribution in [2.45, 2.75) is 24.2 Å². The Morgan fingerprint density at radius 2 is 0.717 bits per heavy atom. The lowest BCUT2D eigenvalue weighted by molar-refractivity contribution is -0.0888. The molecule has 3 aromatic heterocycles. The van der Waals surface area contributed by atoms with Gasteiger partial charge in [-0.2, -0.15) is 43.9 Å². The molecule has 270 valence electrons. The van der Waals surface area contributed by atoms with E-state index >= 15 is 0 Å². The lowest BCUT2D eigenvalue weighted by Crippen LogP contribution is -2.30. The normalized spacial score (nSPS) is 16.3. The van der Waals surface area contributed by atoms with E-state index in [2.05, 4.69) is 0 Å². The van der Waals surface area contributed by atoms with Gasteiger partial charge in [-0.3, -0.25) is 28.8 Å². The van der Waals surface area contributed by atoms with Crippen LogP contribution in [-0.2, 0) is 0 Å².